The number of rotatable bonds is 2. The van der Waals surface area contributed by atoms with Gasteiger partial charge >= 0.3 is 18.0 Å². The zero-order valence-corrected chi connectivity index (χ0v) is 9.63. The Balaban J connectivity index is 2.55. The predicted octanol–water partition coefficient (Wildman–Crippen LogP) is 4.59. The van der Waals surface area contributed by atoms with Crippen LogP contribution in [0.3, 0.4) is 0 Å². The lowest BCUT2D eigenvalue weighted by atomic mass is 10.1. The highest BCUT2D eigenvalue weighted by Gasteiger charge is 2.74. The summed E-state index contributed by atoms with van der Waals surface area (Å²) in [5.41, 5.74) is -0.0554. The largest absolute Gasteiger partial charge is 0.460 e. The van der Waals surface area contributed by atoms with Gasteiger partial charge in [0.15, 0.2) is 5.01 Å². The van der Waals surface area contributed by atoms with Crippen molar-refractivity contribution in [2.24, 2.45) is 0 Å². The van der Waals surface area contributed by atoms with Crippen LogP contribution in [-0.2, 0) is 5.92 Å². The highest BCUT2D eigenvalue weighted by Crippen LogP contribution is 2.52. The van der Waals surface area contributed by atoms with E-state index in [4.69, 9.17) is 0 Å². The van der Waals surface area contributed by atoms with Crippen molar-refractivity contribution in [1.82, 2.24) is 4.98 Å². The summed E-state index contributed by atoms with van der Waals surface area (Å²) < 4.78 is 88.5. The molecule has 104 valence electrons. The summed E-state index contributed by atoms with van der Waals surface area (Å²) in [5.74, 6) is -11.6. The number of halogens is 7. The summed E-state index contributed by atoms with van der Waals surface area (Å²) in [5, 5.41) is -1.56. The molecule has 0 spiro atoms. The Kier molecular flexibility index (Phi) is 3.00. The van der Waals surface area contributed by atoms with Gasteiger partial charge in [0, 0.05) is 0 Å². The molecule has 0 bridgehead atoms. The standard InChI is InChI=1S/C10H4F7NS/c11-8(12,9(13,14)10(15,16)17)7-18-5-3-1-2-4-6(5)19-7/h1-4H. The molecule has 1 nitrogen and oxygen atoms in total. The van der Waals surface area contributed by atoms with E-state index in [0.717, 1.165) is 0 Å². The fourth-order valence-electron chi connectivity index (χ4n) is 1.32. The Labute approximate surface area is 105 Å². The first-order chi connectivity index (χ1) is 8.57. The Morgan fingerprint density at radius 1 is 0.895 bits per heavy atom. The Bertz CT molecular complexity index is 568. The van der Waals surface area contributed by atoms with E-state index in [9.17, 15) is 30.7 Å². The van der Waals surface area contributed by atoms with Gasteiger partial charge in [-0.3, -0.25) is 0 Å². The molecule has 1 aromatic carbocycles. The molecule has 0 saturated heterocycles. The molecule has 1 heterocycles. The molecule has 0 aliphatic heterocycles. The number of hydrogen-bond donors (Lipinski definition) is 0. The Hall–Kier alpha value is -1.38. The van der Waals surface area contributed by atoms with Crippen LogP contribution in [-0.4, -0.2) is 17.1 Å². The van der Waals surface area contributed by atoms with Gasteiger partial charge in [0.05, 0.1) is 10.2 Å². The molecule has 0 saturated carbocycles. The van der Waals surface area contributed by atoms with E-state index in [2.05, 4.69) is 4.98 Å². The zero-order valence-electron chi connectivity index (χ0n) is 8.81. The SMILES string of the molecule is FC(F)(F)C(F)(F)C(F)(F)c1nc2ccccc2s1. The van der Waals surface area contributed by atoms with Crippen molar-refractivity contribution in [3.63, 3.8) is 0 Å². The molecular formula is C10H4F7NS. The van der Waals surface area contributed by atoms with Gasteiger partial charge in [-0.05, 0) is 12.1 Å². The predicted molar refractivity (Wildman–Crippen MR) is 54.5 cm³/mol. The fraction of sp³-hybridized carbons (Fsp3) is 0.300. The van der Waals surface area contributed by atoms with Crippen molar-refractivity contribution in [2.75, 3.05) is 0 Å². The topological polar surface area (TPSA) is 12.9 Å². The van der Waals surface area contributed by atoms with Gasteiger partial charge in [-0.25, -0.2) is 4.98 Å². The lowest BCUT2D eigenvalue weighted by Crippen LogP contribution is -2.49. The number of alkyl halides is 7. The minimum absolute atomic E-state index is 0.0554. The third-order valence-corrected chi connectivity index (χ3v) is 3.42. The summed E-state index contributed by atoms with van der Waals surface area (Å²) in [6.07, 6.45) is -6.35. The minimum Gasteiger partial charge on any atom is -0.235 e. The van der Waals surface area contributed by atoms with Gasteiger partial charge in [0.1, 0.15) is 0 Å². The maximum atomic E-state index is 13.3. The summed E-state index contributed by atoms with van der Waals surface area (Å²) in [6, 6.07) is 5.39. The maximum Gasteiger partial charge on any atom is 0.460 e. The van der Waals surface area contributed by atoms with Gasteiger partial charge in [-0.15, -0.1) is 11.3 Å². The third-order valence-electron chi connectivity index (χ3n) is 2.31. The summed E-state index contributed by atoms with van der Waals surface area (Å²) in [7, 11) is 0. The van der Waals surface area contributed by atoms with Crippen LogP contribution < -0.4 is 0 Å². The number of aromatic nitrogens is 1. The second kappa shape index (κ2) is 4.06. The molecule has 0 aliphatic carbocycles. The number of fused-ring (bicyclic) bond motifs is 1. The molecule has 0 radical (unpaired) electrons. The Morgan fingerprint density at radius 3 is 2.00 bits per heavy atom. The fourth-order valence-corrected chi connectivity index (χ4v) is 2.29. The molecule has 0 fully saturated rings. The minimum atomic E-state index is -6.35. The van der Waals surface area contributed by atoms with E-state index < -0.39 is 23.0 Å². The van der Waals surface area contributed by atoms with Crippen molar-refractivity contribution >= 4 is 21.6 Å². The van der Waals surface area contributed by atoms with Crippen LogP contribution >= 0.6 is 11.3 Å². The van der Waals surface area contributed by atoms with Gasteiger partial charge < -0.3 is 0 Å². The number of benzene rings is 1. The highest BCUT2D eigenvalue weighted by atomic mass is 32.1. The molecule has 1 aromatic heterocycles. The van der Waals surface area contributed by atoms with Gasteiger partial charge in [-0.2, -0.15) is 30.7 Å². The number of nitrogens with zero attached hydrogens (tertiary/aromatic N) is 1. The van der Waals surface area contributed by atoms with E-state index in [1.54, 1.807) is 0 Å². The van der Waals surface area contributed by atoms with Gasteiger partial charge in [0.25, 0.3) is 0 Å². The monoisotopic (exact) mass is 303 g/mol. The molecule has 0 unspecified atom stereocenters. The van der Waals surface area contributed by atoms with E-state index in [1.165, 1.54) is 24.3 Å². The van der Waals surface area contributed by atoms with Gasteiger partial charge in [0.2, 0.25) is 0 Å². The smallest absolute Gasteiger partial charge is 0.235 e. The zero-order chi connectivity index (χ0) is 14.5. The first-order valence-corrected chi connectivity index (χ1v) is 5.57. The average molecular weight is 303 g/mol. The molecule has 0 amide bonds. The molecular weight excluding hydrogens is 299 g/mol. The first-order valence-electron chi connectivity index (χ1n) is 4.76. The quantitative estimate of drug-likeness (QED) is 0.740. The summed E-state index contributed by atoms with van der Waals surface area (Å²) in [6.45, 7) is 0. The van der Waals surface area contributed by atoms with Crippen molar-refractivity contribution in [3.05, 3.63) is 29.3 Å². The second-order valence-corrected chi connectivity index (χ2v) is 4.66. The van der Waals surface area contributed by atoms with Crippen molar-refractivity contribution < 1.29 is 30.7 Å². The molecule has 2 rings (SSSR count). The van der Waals surface area contributed by atoms with Crippen LogP contribution in [0.25, 0.3) is 10.2 Å². The van der Waals surface area contributed by atoms with Crippen LogP contribution in [0.1, 0.15) is 5.01 Å². The molecule has 9 heteroatoms. The number of thiazole rings is 1. The molecule has 0 aliphatic rings. The van der Waals surface area contributed by atoms with Crippen LogP contribution in [0.15, 0.2) is 24.3 Å². The summed E-state index contributed by atoms with van der Waals surface area (Å²) in [4.78, 5) is 3.15. The van der Waals surface area contributed by atoms with Crippen molar-refractivity contribution in [3.8, 4) is 0 Å². The molecule has 0 N–H and O–H groups in total. The molecule has 2 aromatic rings. The van der Waals surface area contributed by atoms with Crippen LogP contribution in [0, 0.1) is 0 Å². The number of hydrogen-bond acceptors (Lipinski definition) is 2. The lowest BCUT2D eigenvalue weighted by Gasteiger charge is -2.26. The molecule has 19 heavy (non-hydrogen) atoms. The van der Waals surface area contributed by atoms with E-state index in [0.29, 0.717) is 0 Å². The van der Waals surface area contributed by atoms with Crippen LogP contribution in [0.2, 0.25) is 0 Å². The van der Waals surface area contributed by atoms with E-state index >= 15 is 0 Å². The second-order valence-electron chi connectivity index (χ2n) is 3.63. The van der Waals surface area contributed by atoms with Crippen LogP contribution in [0.4, 0.5) is 30.7 Å². The highest BCUT2D eigenvalue weighted by molar-refractivity contribution is 7.18. The van der Waals surface area contributed by atoms with Gasteiger partial charge in [-0.1, -0.05) is 12.1 Å². The maximum absolute atomic E-state index is 13.3. The third kappa shape index (κ3) is 2.05. The van der Waals surface area contributed by atoms with Crippen molar-refractivity contribution in [1.29, 1.82) is 0 Å². The van der Waals surface area contributed by atoms with E-state index in [-0.39, 0.29) is 21.6 Å². The molecule has 0 atom stereocenters. The van der Waals surface area contributed by atoms with Crippen molar-refractivity contribution in [2.45, 2.75) is 18.0 Å². The lowest BCUT2D eigenvalue weighted by molar-refractivity contribution is -0.359. The summed E-state index contributed by atoms with van der Waals surface area (Å²) >= 11 is 0.106. The first kappa shape index (κ1) is 14.0. The average Bonchev–Trinajstić information content (AvgIpc) is 2.71. The van der Waals surface area contributed by atoms with Crippen LogP contribution in [0.5, 0.6) is 0 Å². The Morgan fingerprint density at radius 2 is 1.47 bits per heavy atom. The van der Waals surface area contributed by atoms with E-state index in [1.807, 2.05) is 0 Å². The normalized spacial score (nSPS) is 14.1. The number of para-hydroxylation sites is 1.